The van der Waals surface area contributed by atoms with Crippen molar-refractivity contribution in [3.63, 3.8) is 0 Å². The number of amides is 1. The smallest absolute Gasteiger partial charge is 0.303 e. The van der Waals surface area contributed by atoms with Crippen LogP contribution in [0, 0.1) is 23.5 Å². The molecule has 2 rings (SSSR count). The number of benzene rings is 1. The van der Waals surface area contributed by atoms with Crippen LogP contribution in [-0.2, 0) is 9.59 Å². The lowest BCUT2D eigenvalue weighted by atomic mass is 9.85. The molecule has 5 N–H and O–H groups in total. The number of hydrogen-bond donors (Lipinski definition) is 5. The molecule has 9 heteroatoms. The van der Waals surface area contributed by atoms with Crippen molar-refractivity contribution in [2.75, 3.05) is 5.32 Å². The van der Waals surface area contributed by atoms with Crippen LogP contribution in [0.5, 0.6) is 0 Å². The molecule has 1 amide bonds. The van der Waals surface area contributed by atoms with Gasteiger partial charge in [-0.05, 0) is 56.1 Å². The third kappa shape index (κ3) is 7.83. The number of halogens is 2. The summed E-state index contributed by atoms with van der Waals surface area (Å²) in [6.07, 6.45) is 1.67. The van der Waals surface area contributed by atoms with Gasteiger partial charge in [-0.25, -0.2) is 8.78 Å². The zero-order valence-corrected chi connectivity index (χ0v) is 17.3. The molecule has 0 saturated heterocycles. The van der Waals surface area contributed by atoms with Gasteiger partial charge in [-0.15, -0.1) is 0 Å². The van der Waals surface area contributed by atoms with Gasteiger partial charge in [-0.3, -0.25) is 9.59 Å². The van der Waals surface area contributed by atoms with Crippen LogP contribution in [-0.4, -0.2) is 50.6 Å². The molecule has 1 aromatic carbocycles. The molecule has 31 heavy (non-hydrogen) atoms. The average Bonchev–Trinajstić information content (AvgIpc) is 2.97. The third-order valence-corrected chi connectivity index (χ3v) is 5.96. The molecule has 1 aliphatic carbocycles. The number of carbonyl (C=O) groups excluding carboxylic acids is 1. The summed E-state index contributed by atoms with van der Waals surface area (Å²) in [5.74, 6) is -4.15. The van der Waals surface area contributed by atoms with E-state index in [4.69, 9.17) is 5.11 Å². The number of aliphatic hydroxyl groups is 3. The monoisotopic (exact) mass is 443 g/mol. The summed E-state index contributed by atoms with van der Waals surface area (Å²) in [4.78, 5) is 22.7. The Morgan fingerprint density at radius 3 is 2.29 bits per heavy atom. The summed E-state index contributed by atoms with van der Waals surface area (Å²) in [6, 6.07) is 2.88. The van der Waals surface area contributed by atoms with Crippen LogP contribution >= 0.6 is 0 Å². The van der Waals surface area contributed by atoms with E-state index in [9.17, 15) is 33.7 Å². The lowest BCUT2D eigenvalue weighted by Gasteiger charge is -2.24. The first-order valence-electron chi connectivity index (χ1n) is 10.7. The van der Waals surface area contributed by atoms with Crippen LogP contribution < -0.4 is 5.32 Å². The van der Waals surface area contributed by atoms with E-state index in [1.165, 1.54) is 6.07 Å². The molecule has 0 spiro atoms. The zero-order chi connectivity index (χ0) is 23.0. The second-order valence-electron chi connectivity index (χ2n) is 8.26. The second-order valence-corrected chi connectivity index (χ2v) is 8.26. The summed E-state index contributed by atoms with van der Waals surface area (Å²) in [6.45, 7) is 0. The number of hydrogen-bond acceptors (Lipinski definition) is 5. The van der Waals surface area contributed by atoms with Gasteiger partial charge in [0.15, 0.2) is 11.6 Å². The Bertz CT molecular complexity index is 747. The van der Waals surface area contributed by atoms with Gasteiger partial charge in [0.1, 0.15) is 6.10 Å². The first kappa shape index (κ1) is 25.2. The van der Waals surface area contributed by atoms with Crippen molar-refractivity contribution in [3.05, 3.63) is 29.8 Å². The Hall–Kier alpha value is -2.10. The molecule has 174 valence electrons. The highest BCUT2D eigenvalue weighted by Crippen LogP contribution is 2.39. The van der Waals surface area contributed by atoms with Gasteiger partial charge < -0.3 is 25.7 Å². The number of aliphatic hydroxyl groups excluding tert-OH is 3. The third-order valence-electron chi connectivity index (χ3n) is 5.96. The number of carboxylic acid groups (broad SMARTS) is 1. The molecule has 1 fully saturated rings. The Kier molecular flexibility index (Phi) is 9.80. The lowest BCUT2D eigenvalue weighted by molar-refractivity contribution is -0.137. The Labute approximate surface area is 180 Å². The largest absolute Gasteiger partial charge is 0.481 e. The molecule has 1 saturated carbocycles. The first-order valence-corrected chi connectivity index (χ1v) is 10.7. The van der Waals surface area contributed by atoms with Crippen molar-refractivity contribution in [2.24, 2.45) is 11.8 Å². The maximum Gasteiger partial charge on any atom is 0.303 e. The van der Waals surface area contributed by atoms with Crippen molar-refractivity contribution in [3.8, 4) is 0 Å². The molecule has 1 aliphatic rings. The zero-order valence-electron chi connectivity index (χ0n) is 17.3. The minimum Gasteiger partial charge on any atom is -0.481 e. The van der Waals surface area contributed by atoms with Crippen LogP contribution in [0.15, 0.2) is 18.2 Å². The summed E-state index contributed by atoms with van der Waals surface area (Å²) in [5.41, 5.74) is 0.0278. The number of aliphatic carboxylic acids is 1. The van der Waals surface area contributed by atoms with Crippen molar-refractivity contribution < 1.29 is 38.8 Å². The predicted octanol–water partition coefficient (Wildman–Crippen LogP) is 2.83. The molecular formula is C22H31F2NO6. The van der Waals surface area contributed by atoms with Gasteiger partial charge in [-0.2, -0.15) is 0 Å². The van der Waals surface area contributed by atoms with Gasteiger partial charge in [0, 0.05) is 18.2 Å². The Morgan fingerprint density at radius 2 is 1.65 bits per heavy atom. The normalized spacial score (nSPS) is 24.2. The fourth-order valence-corrected chi connectivity index (χ4v) is 4.27. The second kappa shape index (κ2) is 12.1. The molecule has 0 heterocycles. The van der Waals surface area contributed by atoms with Crippen LogP contribution in [0.2, 0.25) is 0 Å². The van der Waals surface area contributed by atoms with Crippen molar-refractivity contribution in [1.82, 2.24) is 0 Å². The highest BCUT2D eigenvalue weighted by atomic mass is 19.2. The number of carboxylic acids is 1. The summed E-state index contributed by atoms with van der Waals surface area (Å²) in [5, 5.41) is 41.7. The lowest BCUT2D eigenvalue weighted by Crippen LogP contribution is -2.30. The van der Waals surface area contributed by atoms with E-state index in [1.807, 2.05) is 0 Å². The molecule has 1 aromatic rings. The highest BCUT2D eigenvalue weighted by molar-refractivity contribution is 5.93. The molecule has 0 bridgehead atoms. The maximum absolute atomic E-state index is 13.2. The van der Waals surface area contributed by atoms with E-state index in [0.717, 1.165) is 31.4 Å². The van der Waals surface area contributed by atoms with E-state index in [-0.39, 0.29) is 36.8 Å². The van der Waals surface area contributed by atoms with Crippen LogP contribution in [0.3, 0.4) is 0 Å². The van der Waals surface area contributed by atoms with Gasteiger partial charge in [0.2, 0.25) is 0 Å². The van der Waals surface area contributed by atoms with Crippen LogP contribution in [0.4, 0.5) is 14.5 Å². The van der Waals surface area contributed by atoms with Crippen LogP contribution in [0.25, 0.3) is 0 Å². The minimum atomic E-state index is -1.39. The molecular weight excluding hydrogens is 412 g/mol. The SMILES string of the molecule is O=C(O)CCCCCC[C@@H]1[C@@H](CCC(O)C(=O)Nc2ccc(F)c(F)c2)[C@H](O)C[C@@H]1O. The summed E-state index contributed by atoms with van der Waals surface area (Å²) >= 11 is 0. The fraction of sp³-hybridized carbons (Fsp3) is 0.636. The van der Waals surface area contributed by atoms with E-state index in [0.29, 0.717) is 19.3 Å². The number of rotatable bonds is 12. The molecule has 0 aliphatic heterocycles. The van der Waals surface area contributed by atoms with Crippen molar-refractivity contribution in [1.29, 1.82) is 0 Å². The van der Waals surface area contributed by atoms with Crippen molar-refractivity contribution in [2.45, 2.75) is 76.1 Å². The van der Waals surface area contributed by atoms with E-state index >= 15 is 0 Å². The fourth-order valence-electron chi connectivity index (χ4n) is 4.27. The number of nitrogens with one attached hydrogen (secondary N) is 1. The number of anilines is 1. The quantitative estimate of drug-likeness (QED) is 0.316. The predicted molar refractivity (Wildman–Crippen MR) is 109 cm³/mol. The minimum absolute atomic E-state index is 0.0278. The molecule has 0 radical (unpaired) electrons. The number of unbranched alkanes of at least 4 members (excludes halogenated alkanes) is 3. The molecule has 5 atom stereocenters. The summed E-state index contributed by atoms with van der Waals surface area (Å²) in [7, 11) is 0. The van der Waals surface area contributed by atoms with Gasteiger partial charge in [0.05, 0.1) is 12.2 Å². The first-order chi connectivity index (χ1) is 14.7. The van der Waals surface area contributed by atoms with E-state index in [1.54, 1.807) is 0 Å². The highest BCUT2D eigenvalue weighted by Gasteiger charge is 2.41. The van der Waals surface area contributed by atoms with E-state index in [2.05, 4.69) is 5.32 Å². The van der Waals surface area contributed by atoms with Crippen molar-refractivity contribution >= 4 is 17.6 Å². The molecule has 1 unspecified atom stereocenters. The van der Waals surface area contributed by atoms with Gasteiger partial charge in [-0.1, -0.05) is 19.3 Å². The molecule has 7 nitrogen and oxygen atoms in total. The Morgan fingerprint density at radius 1 is 1.00 bits per heavy atom. The van der Waals surface area contributed by atoms with Crippen LogP contribution in [0.1, 0.15) is 57.8 Å². The topological polar surface area (TPSA) is 127 Å². The van der Waals surface area contributed by atoms with E-state index < -0.39 is 41.8 Å². The van der Waals surface area contributed by atoms with Gasteiger partial charge >= 0.3 is 5.97 Å². The Balaban J connectivity index is 1.79. The number of carbonyl (C=O) groups is 2. The van der Waals surface area contributed by atoms with Gasteiger partial charge in [0.25, 0.3) is 5.91 Å². The average molecular weight is 443 g/mol. The maximum atomic E-state index is 13.2. The summed E-state index contributed by atoms with van der Waals surface area (Å²) < 4.78 is 26.2. The standard InChI is InChI=1S/C22H31F2NO6/c23-16-9-7-13(11-17(16)24)25-22(31)18(26)10-8-15-14(19(27)12-20(15)28)5-3-1-2-4-6-21(29)30/h7,9,11,14-15,18-20,26-28H,1-6,8,10,12H2,(H,25,31)(H,29,30)/t14-,15-,18?,19+,20-/m1/s1. The molecule has 0 aromatic heterocycles.